The summed E-state index contributed by atoms with van der Waals surface area (Å²) in [6, 6.07) is -0.621. The highest BCUT2D eigenvalue weighted by molar-refractivity contribution is 5.82. The fourth-order valence-corrected chi connectivity index (χ4v) is 2.29. The van der Waals surface area contributed by atoms with E-state index in [1.54, 1.807) is 0 Å². The molecule has 0 bridgehead atoms. The number of hydrogen-bond acceptors (Lipinski definition) is 2. The molecular formula is C14H24N2O3. The average Bonchev–Trinajstić information content (AvgIpc) is 3.16. The summed E-state index contributed by atoms with van der Waals surface area (Å²) in [5, 5.41) is 11.9. The summed E-state index contributed by atoms with van der Waals surface area (Å²) in [6.07, 6.45) is 4.99. The van der Waals surface area contributed by atoms with Gasteiger partial charge < -0.3 is 15.3 Å². The van der Waals surface area contributed by atoms with E-state index in [-0.39, 0.29) is 11.9 Å². The number of nitrogens with one attached hydrogen (secondary N) is 1. The molecule has 2 aliphatic rings. The number of carboxylic acid groups (broad SMARTS) is 1. The minimum Gasteiger partial charge on any atom is -0.480 e. The van der Waals surface area contributed by atoms with Gasteiger partial charge in [-0.25, -0.2) is 9.59 Å². The van der Waals surface area contributed by atoms with Crippen LogP contribution < -0.4 is 5.32 Å². The van der Waals surface area contributed by atoms with E-state index in [1.165, 1.54) is 12.8 Å². The lowest BCUT2D eigenvalue weighted by Crippen LogP contribution is -2.49. The first-order valence-electron chi connectivity index (χ1n) is 7.27. The molecule has 5 heteroatoms. The molecule has 2 amide bonds. The van der Waals surface area contributed by atoms with E-state index < -0.39 is 12.0 Å². The third-order valence-electron chi connectivity index (χ3n) is 3.70. The molecule has 0 aromatic heterocycles. The lowest BCUT2D eigenvalue weighted by molar-refractivity contribution is -0.139. The van der Waals surface area contributed by atoms with E-state index in [2.05, 4.69) is 5.32 Å². The van der Waals surface area contributed by atoms with Crippen molar-refractivity contribution in [2.45, 2.75) is 58.0 Å². The van der Waals surface area contributed by atoms with Crippen LogP contribution in [0, 0.1) is 11.8 Å². The first-order chi connectivity index (χ1) is 8.97. The number of amides is 2. The Balaban J connectivity index is 1.89. The zero-order valence-corrected chi connectivity index (χ0v) is 11.8. The number of carboxylic acids is 1. The number of urea groups is 1. The van der Waals surface area contributed by atoms with Gasteiger partial charge in [0.15, 0.2) is 0 Å². The van der Waals surface area contributed by atoms with Crippen LogP contribution in [0.5, 0.6) is 0 Å². The number of rotatable bonds is 7. The maximum absolute atomic E-state index is 12.2. The summed E-state index contributed by atoms with van der Waals surface area (Å²) in [7, 11) is 0. The van der Waals surface area contributed by atoms with E-state index in [9.17, 15) is 9.59 Å². The van der Waals surface area contributed by atoms with Crippen LogP contribution in [0.3, 0.4) is 0 Å². The van der Waals surface area contributed by atoms with Crippen LogP contribution >= 0.6 is 0 Å². The van der Waals surface area contributed by atoms with Gasteiger partial charge in [-0.1, -0.05) is 13.8 Å². The largest absolute Gasteiger partial charge is 0.480 e. The van der Waals surface area contributed by atoms with Crippen molar-refractivity contribution in [1.82, 2.24) is 10.2 Å². The van der Waals surface area contributed by atoms with Crippen LogP contribution in [-0.2, 0) is 4.79 Å². The Morgan fingerprint density at radius 3 is 2.32 bits per heavy atom. The van der Waals surface area contributed by atoms with Crippen molar-refractivity contribution in [3.05, 3.63) is 0 Å². The van der Waals surface area contributed by atoms with Gasteiger partial charge in [0.25, 0.3) is 0 Å². The Bertz CT molecular complexity index is 349. The zero-order valence-electron chi connectivity index (χ0n) is 11.8. The van der Waals surface area contributed by atoms with Gasteiger partial charge in [-0.15, -0.1) is 0 Å². The lowest BCUT2D eigenvalue weighted by Gasteiger charge is -2.25. The van der Waals surface area contributed by atoms with Crippen LogP contribution in [0.2, 0.25) is 0 Å². The maximum atomic E-state index is 12.2. The van der Waals surface area contributed by atoms with Crippen molar-refractivity contribution in [2.75, 3.05) is 6.54 Å². The highest BCUT2D eigenvalue weighted by atomic mass is 16.4. The molecule has 0 radical (unpaired) electrons. The topological polar surface area (TPSA) is 69.6 Å². The summed E-state index contributed by atoms with van der Waals surface area (Å²) in [6.45, 7) is 4.72. The number of carbonyl (C=O) groups is 2. The minimum absolute atomic E-state index is 0.192. The van der Waals surface area contributed by atoms with Crippen LogP contribution in [-0.4, -0.2) is 40.6 Å². The van der Waals surface area contributed by atoms with Crippen molar-refractivity contribution < 1.29 is 14.7 Å². The first kappa shape index (κ1) is 14.2. The fourth-order valence-electron chi connectivity index (χ4n) is 2.29. The zero-order chi connectivity index (χ0) is 14.0. The Hall–Kier alpha value is -1.26. The minimum atomic E-state index is -0.941. The van der Waals surface area contributed by atoms with Gasteiger partial charge in [0.2, 0.25) is 0 Å². The normalized spacial score (nSPS) is 20.2. The molecule has 2 N–H and O–H groups in total. The van der Waals surface area contributed by atoms with Crippen LogP contribution in [0.15, 0.2) is 0 Å². The predicted molar refractivity (Wildman–Crippen MR) is 71.9 cm³/mol. The molecule has 1 atom stereocenters. The number of nitrogens with zero attached hydrogens (tertiary/aromatic N) is 1. The molecule has 5 nitrogen and oxygen atoms in total. The first-order valence-corrected chi connectivity index (χ1v) is 7.27. The third kappa shape index (κ3) is 4.40. The van der Waals surface area contributed by atoms with Crippen LogP contribution in [0.1, 0.15) is 46.0 Å². The summed E-state index contributed by atoms with van der Waals surface area (Å²) in [4.78, 5) is 25.3. The van der Waals surface area contributed by atoms with Gasteiger partial charge in [-0.3, -0.25) is 0 Å². The highest BCUT2D eigenvalue weighted by Gasteiger charge is 2.37. The summed E-state index contributed by atoms with van der Waals surface area (Å²) in [5.41, 5.74) is 0. The molecule has 2 rings (SSSR count). The summed E-state index contributed by atoms with van der Waals surface area (Å²) < 4.78 is 0. The molecule has 0 saturated heterocycles. The Morgan fingerprint density at radius 1 is 1.26 bits per heavy atom. The van der Waals surface area contributed by atoms with Crippen LogP contribution in [0.4, 0.5) is 4.79 Å². The molecule has 0 heterocycles. The van der Waals surface area contributed by atoms with Crippen LogP contribution in [0.25, 0.3) is 0 Å². The third-order valence-corrected chi connectivity index (χ3v) is 3.70. The quantitative estimate of drug-likeness (QED) is 0.742. The van der Waals surface area contributed by atoms with Crippen molar-refractivity contribution in [3.63, 3.8) is 0 Å². The number of carbonyl (C=O) groups excluding carboxylic acids is 1. The fraction of sp³-hybridized carbons (Fsp3) is 0.857. The van der Waals surface area contributed by atoms with E-state index in [4.69, 9.17) is 5.11 Å². The van der Waals surface area contributed by atoms with Crippen molar-refractivity contribution in [3.8, 4) is 0 Å². The average molecular weight is 268 g/mol. The Kier molecular flexibility index (Phi) is 4.32. The van der Waals surface area contributed by atoms with E-state index in [0.29, 0.717) is 18.4 Å². The number of aliphatic carboxylic acids is 1. The second kappa shape index (κ2) is 5.80. The molecule has 0 aromatic rings. The predicted octanol–water partition coefficient (Wildman–Crippen LogP) is 2.07. The molecule has 2 saturated carbocycles. The van der Waals surface area contributed by atoms with Crippen molar-refractivity contribution in [1.29, 1.82) is 0 Å². The summed E-state index contributed by atoms with van der Waals surface area (Å²) >= 11 is 0. The molecule has 0 spiro atoms. The summed E-state index contributed by atoms with van der Waals surface area (Å²) in [5.74, 6) is -0.0526. The number of hydrogen-bond donors (Lipinski definition) is 2. The monoisotopic (exact) mass is 268 g/mol. The second-order valence-electron chi connectivity index (χ2n) is 6.30. The van der Waals surface area contributed by atoms with Crippen molar-refractivity contribution >= 4 is 12.0 Å². The van der Waals surface area contributed by atoms with E-state index in [0.717, 1.165) is 19.4 Å². The highest BCUT2D eigenvalue weighted by Crippen LogP contribution is 2.34. The molecule has 0 aliphatic heterocycles. The van der Waals surface area contributed by atoms with Gasteiger partial charge in [-0.05, 0) is 43.9 Å². The lowest BCUT2D eigenvalue weighted by atomic mass is 10.0. The Labute approximate surface area is 114 Å². The SMILES string of the molecule is CC(C)C[C@H](NC(=O)N(CC1CC1)C1CC1)C(=O)O. The molecule has 0 unspecified atom stereocenters. The van der Waals surface area contributed by atoms with E-state index in [1.807, 2.05) is 18.7 Å². The molecule has 2 fully saturated rings. The van der Waals surface area contributed by atoms with Gasteiger partial charge >= 0.3 is 12.0 Å². The van der Waals surface area contributed by atoms with Crippen molar-refractivity contribution in [2.24, 2.45) is 11.8 Å². The molecule has 0 aromatic carbocycles. The standard InChI is InChI=1S/C14H24N2O3/c1-9(2)7-12(13(17)18)15-14(19)16(11-5-6-11)8-10-3-4-10/h9-12H,3-8H2,1-2H3,(H,15,19)(H,17,18)/t12-/m0/s1. The van der Waals surface area contributed by atoms with Gasteiger partial charge in [0, 0.05) is 12.6 Å². The molecule has 108 valence electrons. The Morgan fingerprint density at radius 2 is 1.89 bits per heavy atom. The second-order valence-corrected chi connectivity index (χ2v) is 6.30. The maximum Gasteiger partial charge on any atom is 0.326 e. The molecule has 19 heavy (non-hydrogen) atoms. The van der Waals surface area contributed by atoms with E-state index >= 15 is 0 Å². The van der Waals surface area contributed by atoms with Gasteiger partial charge in [0.05, 0.1) is 0 Å². The molecule has 2 aliphatic carbocycles. The van der Waals surface area contributed by atoms with Gasteiger partial charge in [0.1, 0.15) is 6.04 Å². The molecular weight excluding hydrogens is 244 g/mol. The smallest absolute Gasteiger partial charge is 0.326 e. The van der Waals surface area contributed by atoms with Gasteiger partial charge in [-0.2, -0.15) is 0 Å².